The van der Waals surface area contributed by atoms with Crippen LogP contribution in [0.15, 0.2) is 24.3 Å². The molecule has 1 aromatic carbocycles. The number of rotatable bonds is 2. The Balaban J connectivity index is 1.95. The van der Waals surface area contributed by atoms with Gasteiger partial charge in [0.1, 0.15) is 0 Å². The standard InChI is InChI=1S/C15H18N2O2/c1-11-10-17(7-6-14(11)18)15(19)8-12-2-4-13(9-16)5-3-12/h2-5,11,14,18H,6-8,10H2,1H3. The lowest BCUT2D eigenvalue weighted by Crippen LogP contribution is -2.45. The van der Waals surface area contributed by atoms with Crippen LogP contribution in [-0.2, 0) is 11.2 Å². The van der Waals surface area contributed by atoms with E-state index in [0.29, 0.717) is 31.5 Å². The minimum Gasteiger partial charge on any atom is -0.393 e. The molecule has 1 amide bonds. The molecule has 100 valence electrons. The summed E-state index contributed by atoms with van der Waals surface area (Å²) in [6.45, 7) is 3.21. The first-order valence-electron chi connectivity index (χ1n) is 6.55. The van der Waals surface area contributed by atoms with Gasteiger partial charge in [-0.05, 0) is 30.0 Å². The van der Waals surface area contributed by atoms with Gasteiger partial charge in [0, 0.05) is 13.1 Å². The van der Waals surface area contributed by atoms with E-state index in [1.165, 1.54) is 0 Å². The number of piperidine rings is 1. The van der Waals surface area contributed by atoms with Crippen LogP contribution in [0.1, 0.15) is 24.5 Å². The Morgan fingerprint density at radius 1 is 1.47 bits per heavy atom. The average molecular weight is 258 g/mol. The van der Waals surface area contributed by atoms with Gasteiger partial charge >= 0.3 is 0 Å². The average Bonchev–Trinajstić information content (AvgIpc) is 2.42. The van der Waals surface area contributed by atoms with Crippen LogP contribution in [0.2, 0.25) is 0 Å². The van der Waals surface area contributed by atoms with Gasteiger partial charge < -0.3 is 10.0 Å². The van der Waals surface area contributed by atoms with E-state index in [1.807, 2.05) is 24.0 Å². The molecular formula is C15H18N2O2. The summed E-state index contributed by atoms with van der Waals surface area (Å²) >= 11 is 0. The fourth-order valence-corrected chi connectivity index (χ4v) is 2.34. The summed E-state index contributed by atoms with van der Waals surface area (Å²) in [6.07, 6.45) is 0.716. The van der Waals surface area contributed by atoms with Crippen molar-refractivity contribution in [2.24, 2.45) is 5.92 Å². The molecule has 0 aliphatic carbocycles. The molecule has 19 heavy (non-hydrogen) atoms. The second-order valence-corrected chi connectivity index (χ2v) is 5.16. The molecule has 2 unspecified atom stereocenters. The van der Waals surface area contributed by atoms with Crippen molar-refractivity contribution in [3.05, 3.63) is 35.4 Å². The van der Waals surface area contributed by atoms with Crippen molar-refractivity contribution in [3.63, 3.8) is 0 Å². The molecule has 1 fully saturated rings. The van der Waals surface area contributed by atoms with Crippen LogP contribution in [0.25, 0.3) is 0 Å². The van der Waals surface area contributed by atoms with E-state index >= 15 is 0 Å². The van der Waals surface area contributed by atoms with E-state index in [-0.39, 0.29) is 17.9 Å². The van der Waals surface area contributed by atoms with Gasteiger partial charge in [0.25, 0.3) is 0 Å². The molecule has 2 atom stereocenters. The van der Waals surface area contributed by atoms with Crippen molar-refractivity contribution in [2.45, 2.75) is 25.9 Å². The lowest BCUT2D eigenvalue weighted by Gasteiger charge is -2.34. The molecule has 1 aliphatic rings. The zero-order valence-corrected chi connectivity index (χ0v) is 11.0. The van der Waals surface area contributed by atoms with Gasteiger partial charge in [-0.15, -0.1) is 0 Å². The smallest absolute Gasteiger partial charge is 0.227 e. The Bertz CT molecular complexity index is 490. The number of aliphatic hydroxyl groups excluding tert-OH is 1. The van der Waals surface area contributed by atoms with Gasteiger partial charge in [-0.3, -0.25) is 4.79 Å². The summed E-state index contributed by atoms with van der Waals surface area (Å²) in [7, 11) is 0. The van der Waals surface area contributed by atoms with E-state index in [1.54, 1.807) is 12.1 Å². The summed E-state index contributed by atoms with van der Waals surface area (Å²) in [6, 6.07) is 9.15. The van der Waals surface area contributed by atoms with Gasteiger partial charge in [0.05, 0.1) is 24.2 Å². The van der Waals surface area contributed by atoms with Crippen LogP contribution in [-0.4, -0.2) is 35.1 Å². The topological polar surface area (TPSA) is 64.3 Å². The third-order valence-corrected chi connectivity index (χ3v) is 3.65. The van der Waals surface area contributed by atoms with Crippen LogP contribution in [0.3, 0.4) is 0 Å². The molecule has 0 aromatic heterocycles. The van der Waals surface area contributed by atoms with Crippen LogP contribution < -0.4 is 0 Å². The highest BCUT2D eigenvalue weighted by Gasteiger charge is 2.26. The molecule has 1 aliphatic heterocycles. The minimum atomic E-state index is -0.293. The molecular weight excluding hydrogens is 240 g/mol. The normalized spacial score (nSPS) is 22.9. The quantitative estimate of drug-likeness (QED) is 0.870. The summed E-state index contributed by atoms with van der Waals surface area (Å²) in [5.41, 5.74) is 1.52. The Hall–Kier alpha value is -1.86. The second kappa shape index (κ2) is 5.85. The minimum absolute atomic E-state index is 0.0865. The number of carbonyl (C=O) groups is 1. The van der Waals surface area contributed by atoms with Crippen molar-refractivity contribution in [3.8, 4) is 6.07 Å². The third-order valence-electron chi connectivity index (χ3n) is 3.65. The van der Waals surface area contributed by atoms with Gasteiger partial charge in [0.2, 0.25) is 5.91 Å². The largest absolute Gasteiger partial charge is 0.393 e. The highest BCUT2D eigenvalue weighted by Crippen LogP contribution is 2.17. The predicted molar refractivity (Wildman–Crippen MR) is 71.2 cm³/mol. The molecule has 0 saturated carbocycles. The molecule has 1 N–H and O–H groups in total. The fourth-order valence-electron chi connectivity index (χ4n) is 2.34. The number of nitrogens with zero attached hydrogens (tertiary/aromatic N) is 2. The first-order chi connectivity index (χ1) is 9.10. The Labute approximate surface area is 113 Å². The molecule has 2 rings (SSSR count). The summed E-state index contributed by atoms with van der Waals surface area (Å²) in [4.78, 5) is 14.0. The zero-order valence-electron chi connectivity index (χ0n) is 11.0. The number of likely N-dealkylation sites (tertiary alicyclic amines) is 1. The van der Waals surface area contributed by atoms with Crippen molar-refractivity contribution in [1.29, 1.82) is 5.26 Å². The SMILES string of the molecule is CC1CN(C(=O)Cc2ccc(C#N)cc2)CCC1O. The molecule has 4 nitrogen and oxygen atoms in total. The van der Waals surface area contributed by atoms with E-state index in [4.69, 9.17) is 5.26 Å². The fraction of sp³-hybridized carbons (Fsp3) is 0.467. The predicted octanol–water partition coefficient (Wildman–Crippen LogP) is 1.33. The molecule has 0 radical (unpaired) electrons. The van der Waals surface area contributed by atoms with Gasteiger partial charge in [-0.2, -0.15) is 5.26 Å². The number of nitriles is 1. The van der Waals surface area contributed by atoms with Gasteiger partial charge in [0.15, 0.2) is 0 Å². The summed E-state index contributed by atoms with van der Waals surface area (Å²) in [5.74, 6) is 0.224. The number of benzene rings is 1. The van der Waals surface area contributed by atoms with E-state index in [2.05, 4.69) is 6.07 Å². The molecule has 1 heterocycles. The van der Waals surface area contributed by atoms with Crippen LogP contribution >= 0.6 is 0 Å². The number of hydrogen-bond donors (Lipinski definition) is 1. The van der Waals surface area contributed by atoms with Crippen LogP contribution in [0.5, 0.6) is 0 Å². The Morgan fingerprint density at radius 2 is 2.16 bits per heavy atom. The van der Waals surface area contributed by atoms with Crippen LogP contribution in [0.4, 0.5) is 0 Å². The lowest BCUT2D eigenvalue weighted by molar-refractivity contribution is -0.133. The van der Waals surface area contributed by atoms with Crippen molar-refractivity contribution in [2.75, 3.05) is 13.1 Å². The summed E-state index contributed by atoms with van der Waals surface area (Å²) in [5, 5.41) is 18.4. The van der Waals surface area contributed by atoms with Crippen molar-refractivity contribution < 1.29 is 9.90 Å². The van der Waals surface area contributed by atoms with E-state index in [0.717, 1.165) is 5.56 Å². The highest BCUT2D eigenvalue weighted by atomic mass is 16.3. The number of carbonyl (C=O) groups excluding carboxylic acids is 1. The highest BCUT2D eigenvalue weighted by molar-refractivity contribution is 5.79. The first-order valence-corrected chi connectivity index (χ1v) is 6.55. The monoisotopic (exact) mass is 258 g/mol. The molecule has 0 spiro atoms. The van der Waals surface area contributed by atoms with E-state index < -0.39 is 0 Å². The first kappa shape index (κ1) is 13.6. The van der Waals surface area contributed by atoms with Gasteiger partial charge in [-0.1, -0.05) is 19.1 Å². The summed E-state index contributed by atoms with van der Waals surface area (Å²) < 4.78 is 0. The molecule has 0 bridgehead atoms. The van der Waals surface area contributed by atoms with E-state index in [9.17, 15) is 9.90 Å². The van der Waals surface area contributed by atoms with Gasteiger partial charge in [-0.25, -0.2) is 0 Å². The van der Waals surface area contributed by atoms with Crippen molar-refractivity contribution in [1.82, 2.24) is 4.90 Å². The molecule has 4 heteroatoms. The number of amides is 1. The maximum Gasteiger partial charge on any atom is 0.227 e. The van der Waals surface area contributed by atoms with Crippen molar-refractivity contribution >= 4 is 5.91 Å². The second-order valence-electron chi connectivity index (χ2n) is 5.16. The zero-order chi connectivity index (χ0) is 13.8. The Morgan fingerprint density at radius 3 is 2.74 bits per heavy atom. The molecule has 1 aromatic rings. The maximum atomic E-state index is 12.2. The Kier molecular flexibility index (Phi) is 4.18. The van der Waals surface area contributed by atoms with Crippen LogP contribution in [0, 0.1) is 17.2 Å². The number of hydrogen-bond acceptors (Lipinski definition) is 3. The number of aliphatic hydroxyl groups is 1. The lowest BCUT2D eigenvalue weighted by atomic mass is 9.96. The maximum absolute atomic E-state index is 12.2. The third kappa shape index (κ3) is 3.33. The molecule has 1 saturated heterocycles.